The summed E-state index contributed by atoms with van der Waals surface area (Å²) in [6, 6.07) is 1.26. The molecule has 1 saturated heterocycles. The number of piperidine rings is 1. The molecule has 3 N–H and O–H groups in total. The molecule has 0 bridgehead atoms. The van der Waals surface area contributed by atoms with Crippen LogP contribution in [0.4, 0.5) is 0 Å². The second-order valence-corrected chi connectivity index (χ2v) is 5.74. The van der Waals surface area contributed by atoms with Crippen molar-refractivity contribution in [3.63, 3.8) is 0 Å². The van der Waals surface area contributed by atoms with Crippen LogP contribution in [0, 0.1) is 5.92 Å². The smallest absolute Gasteiger partial charge is 0.188 e. The fraction of sp³-hybridized carbons (Fsp3) is 0.923. The van der Waals surface area contributed by atoms with Crippen molar-refractivity contribution in [2.75, 3.05) is 19.6 Å². The van der Waals surface area contributed by atoms with E-state index in [-0.39, 0.29) is 0 Å². The van der Waals surface area contributed by atoms with Gasteiger partial charge in [0.25, 0.3) is 0 Å². The Morgan fingerprint density at radius 2 is 2.18 bits per heavy atom. The molecule has 17 heavy (non-hydrogen) atoms. The number of nitrogens with one attached hydrogen (secondary N) is 1. The van der Waals surface area contributed by atoms with Gasteiger partial charge in [0, 0.05) is 25.2 Å². The zero-order valence-corrected chi connectivity index (χ0v) is 11.2. The van der Waals surface area contributed by atoms with Crippen molar-refractivity contribution in [3.8, 4) is 0 Å². The Morgan fingerprint density at radius 1 is 1.41 bits per heavy atom. The van der Waals surface area contributed by atoms with Gasteiger partial charge in [-0.25, -0.2) is 0 Å². The summed E-state index contributed by atoms with van der Waals surface area (Å²) in [6.07, 6.45) is 5.10. The summed E-state index contributed by atoms with van der Waals surface area (Å²) < 4.78 is 0. The topological polar surface area (TPSA) is 53.6 Å². The van der Waals surface area contributed by atoms with E-state index in [2.05, 4.69) is 29.1 Å². The monoisotopic (exact) mass is 238 g/mol. The molecule has 0 aromatic rings. The van der Waals surface area contributed by atoms with Crippen LogP contribution in [0.25, 0.3) is 0 Å². The van der Waals surface area contributed by atoms with Crippen LogP contribution < -0.4 is 11.1 Å². The first-order valence-corrected chi connectivity index (χ1v) is 6.95. The maximum absolute atomic E-state index is 5.85. The predicted molar refractivity (Wildman–Crippen MR) is 72.1 cm³/mol. The summed E-state index contributed by atoms with van der Waals surface area (Å²) in [5.74, 6) is 1.33. The van der Waals surface area contributed by atoms with Gasteiger partial charge in [-0.3, -0.25) is 4.99 Å². The Hall–Kier alpha value is -0.770. The lowest BCUT2D eigenvalue weighted by Gasteiger charge is -2.34. The lowest BCUT2D eigenvalue weighted by molar-refractivity contribution is 0.143. The summed E-state index contributed by atoms with van der Waals surface area (Å²) in [4.78, 5) is 7.03. The van der Waals surface area contributed by atoms with Crippen molar-refractivity contribution in [2.24, 2.45) is 16.6 Å². The zero-order chi connectivity index (χ0) is 12.3. The highest BCUT2D eigenvalue weighted by molar-refractivity contribution is 5.78. The standard InChI is InChI=1S/C13H26N4/c1-10(2)17-7-3-4-11(9-17)8-15-13(14)16-12-5-6-12/h10-12H,3-9H2,1-2H3,(H3,14,15,16). The van der Waals surface area contributed by atoms with Crippen LogP contribution in [-0.2, 0) is 0 Å². The van der Waals surface area contributed by atoms with Crippen LogP contribution in [0.15, 0.2) is 4.99 Å². The predicted octanol–water partition coefficient (Wildman–Crippen LogP) is 1.17. The molecule has 1 atom stereocenters. The zero-order valence-electron chi connectivity index (χ0n) is 11.2. The molecule has 1 saturated carbocycles. The van der Waals surface area contributed by atoms with Gasteiger partial charge in [-0.15, -0.1) is 0 Å². The molecule has 0 radical (unpaired) electrons. The molecular weight excluding hydrogens is 212 g/mol. The molecule has 98 valence electrons. The molecular formula is C13H26N4. The van der Waals surface area contributed by atoms with E-state index in [0.717, 1.165) is 6.54 Å². The van der Waals surface area contributed by atoms with Crippen molar-refractivity contribution in [2.45, 2.75) is 51.6 Å². The lowest BCUT2D eigenvalue weighted by Crippen LogP contribution is -2.41. The first-order valence-electron chi connectivity index (χ1n) is 6.95. The summed E-state index contributed by atoms with van der Waals surface area (Å²) in [7, 11) is 0. The number of aliphatic imine (C=N–C) groups is 1. The molecule has 2 fully saturated rings. The molecule has 1 heterocycles. The van der Waals surface area contributed by atoms with E-state index in [1.807, 2.05) is 0 Å². The SMILES string of the molecule is CC(C)N1CCCC(CN=C(N)NC2CC2)C1. The van der Waals surface area contributed by atoms with Crippen LogP contribution in [0.3, 0.4) is 0 Å². The van der Waals surface area contributed by atoms with Crippen LogP contribution in [0.1, 0.15) is 39.5 Å². The van der Waals surface area contributed by atoms with E-state index in [1.165, 1.54) is 38.8 Å². The quantitative estimate of drug-likeness (QED) is 0.571. The summed E-state index contributed by atoms with van der Waals surface area (Å²) in [5.41, 5.74) is 5.85. The van der Waals surface area contributed by atoms with E-state index in [4.69, 9.17) is 5.73 Å². The summed E-state index contributed by atoms with van der Waals surface area (Å²) in [5, 5.41) is 3.24. The van der Waals surface area contributed by atoms with Crippen LogP contribution >= 0.6 is 0 Å². The lowest BCUT2D eigenvalue weighted by atomic mass is 9.97. The third-order valence-electron chi connectivity index (χ3n) is 3.73. The maximum Gasteiger partial charge on any atom is 0.188 e. The van der Waals surface area contributed by atoms with Gasteiger partial charge in [0.05, 0.1) is 0 Å². The highest BCUT2D eigenvalue weighted by atomic mass is 15.2. The minimum atomic E-state index is 0.609. The molecule has 4 heteroatoms. The number of guanidine groups is 1. The van der Waals surface area contributed by atoms with E-state index in [0.29, 0.717) is 24.0 Å². The fourth-order valence-electron chi connectivity index (χ4n) is 2.43. The van der Waals surface area contributed by atoms with Gasteiger partial charge in [0.2, 0.25) is 0 Å². The van der Waals surface area contributed by atoms with Gasteiger partial charge in [0.15, 0.2) is 5.96 Å². The molecule has 1 aliphatic heterocycles. The number of likely N-dealkylation sites (tertiary alicyclic amines) is 1. The average Bonchev–Trinajstić information content (AvgIpc) is 3.11. The molecule has 2 aliphatic rings. The Bertz CT molecular complexity index is 271. The van der Waals surface area contributed by atoms with Crippen molar-refractivity contribution >= 4 is 5.96 Å². The largest absolute Gasteiger partial charge is 0.370 e. The van der Waals surface area contributed by atoms with E-state index >= 15 is 0 Å². The van der Waals surface area contributed by atoms with Crippen LogP contribution in [0.5, 0.6) is 0 Å². The number of hydrogen-bond donors (Lipinski definition) is 2. The number of nitrogens with zero attached hydrogens (tertiary/aromatic N) is 2. The maximum atomic E-state index is 5.85. The molecule has 4 nitrogen and oxygen atoms in total. The van der Waals surface area contributed by atoms with Crippen molar-refractivity contribution in [1.82, 2.24) is 10.2 Å². The molecule has 2 rings (SSSR count). The molecule has 0 amide bonds. The van der Waals surface area contributed by atoms with Gasteiger partial charge in [-0.1, -0.05) is 0 Å². The third kappa shape index (κ3) is 4.19. The minimum Gasteiger partial charge on any atom is -0.370 e. The number of hydrogen-bond acceptors (Lipinski definition) is 2. The fourth-order valence-corrected chi connectivity index (χ4v) is 2.43. The van der Waals surface area contributed by atoms with Gasteiger partial charge < -0.3 is 16.0 Å². The van der Waals surface area contributed by atoms with Crippen molar-refractivity contribution in [3.05, 3.63) is 0 Å². The van der Waals surface area contributed by atoms with Crippen molar-refractivity contribution < 1.29 is 0 Å². The van der Waals surface area contributed by atoms with Gasteiger partial charge in [-0.2, -0.15) is 0 Å². The highest BCUT2D eigenvalue weighted by Crippen LogP contribution is 2.19. The first-order chi connectivity index (χ1) is 8.15. The second kappa shape index (κ2) is 5.71. The third-order valence-corrected chi connectivity index (χ3v) is 3.73. The first kappa shape index (κ1) is 12.7. The Labute approximate surface area is 105 Å². The van der Waals surface area contributed by atoms with E-state index in [9.17, 15) is 0 Å². The van der Waals surface area contributed by atoms with Crippen LogP contribution in [-0.4, -0.2) is 42.6 Å². The normalized spacial score (nSPS) is 27.5. The average molecular weight is 238 g/mol. The van der Waals surface area contributed by atoms with E-state index in [1.54, 1.807) is 0 Å². The molecule has 1 aliphatic carbocycles. The molecule has 0 aromatic heterocycles. The van der Waals surface area contributed by atoms with Crippen molar-refractivity contribution in [1.29, 1.82) is 0 Å². The Morgan fingerprint density at radius 3 is 2.82 bits per heavy atom. The minimum absolute atomic E-state index is 0.609. The Kier molecular flexibility index (Phi) is 4.26. The summed E-state index contributed by atoms with van der Waals surface area (Å²) >= 11 is 0. The van der Waals surface area contributed by atoms with E-state index < -0.39 is 0 Å². The number of nitrogens with two attached hydrogens (primary N) is 1. The molecule has 0 aromatic carbocycles. The van der Waals surface area contributed by atoms with Crippen LogP contribution in [0.2, 0.25) is 0 Å². The second-order valence-electron chi connectivity index (χ2n) is 5.74. The summed E-state index contributed by atoms with van der Waals surface area (Å²) in [6.45, 7) is 7.85. The Balaban J connectivity index is 1.73. The van der Waals surface area contributed by atoms with Gasteiger partial charge >= 0.3 is 0 Å². The van der Waals surface area contributed by atoms with Gasteiger partial charge in [-0.05, 0) is 52.0 Å². The molecule has 0 spiro atoms. The molecule has 1 unspecified atom stereocenters. The number of rotatable bonds is 4. The van der Waals surface area contributed by atoms with Gasteiger partial charge in [0.1, 0.15) is 0 Å². The highest BCUT2D eigenvalue weighted by Gasteiger charge is 2.23.